The van der Waals surface area contributed by atoms with Gasteiger partial charge in [-0.05, 0) is 37.6 Å². The molecule has 4 heterocycles. The van der Waals surface area contributed by atoms with Gasteiger partial charge in [-0.2, -0.15) is 9.78 Å². The molecule has 3 aliphatic rings. The Balaban J connectivity index is 1.51. The fourth-order valence-corrected chi connectivity index (χ4v) is 4.11. The third kappa shape index (κ3) is 2.59. The molecule has 0 radical (unpaired) electrons. The number of aromatic nitrogens is 3. The van der Waals surface area contributed by atoms with Crippen LogP contribution >= 0.6 is 11.8 Å². The smallest absolute Gasteiger partial charge is 0.262 e. The summed E-state index contributed by atoms with van der Waals surface area (Å²) in [4.78, 5) is 11.5. The Hall–Kier alpha value is -2.39. The van der Waals surface area contributed by atoms with Gasteiger partial charge in [-0.25, -0.2) is 0 Å². The molecule has 0 aliphatic carbocycles. The van der Waals surface area contributed by atoms with Crippen LogP contribution in [-0.4, -0.2) is 45.4 Å². The lowest BCUT2D eigenvalue weighted by atomic mass is 10.1. The average Bonchev–Trinajstić information content (AvgIpc) is 3.29. The minimum absolute atomic E-state index is 0.0605. The molecule has 1 atom stereocenters. The SMILES string of the molecule is O=C1COc2ccc(C3=Nn4c(nnc4C4CCCN4)SC3)cc2N1. The van der Waals surface area contributed by atoms with Gasteiger partial charge in [-0.15, -0.1) is 10.2 Å². The first-order valence-electron chi connectivity index (χ1n) is 8.24. The van der Waals surface area contributed by atoms with Crippen molar-refractivity contribution < 1.29 is 9.53 Å². The highest BCUT2D eigenvalue weighted by Gasteiger charge is 2.27. The number of rotatable bonds is 2. The molecule has 2 aromatic rings. The lowest BCUT2D eigenvalue weighted by Gasteiger charge is -2.20. The summed E-state index contributed by atoms with van der Waals surface area (Å²) in [6.45, 7) is 1.06. The van der Waals surface area contributed by atoms with E-state index in [2.05, 4.69) is 20.8 Å². The molecule has 1 aromatic carbocycles. The first kappa shape index (κ1) is 14.9. The van der Waals surface area contributed by atoms with E-state index in [0.29, 0.717) is 17.2 Å². The molecule has 1 aromatic heterocycles. The van der Waals surface area contributed by atoms with E-state index in [1.54, 1.807) is 11.8 Å². The van der Waals surface area contributed by atoms with Crippen LogP contribution in [0, 0.1) is 0 Å². The molecule has 1 saturated heterocycles. The normalized spacial score (nSPS) is 21.8. The molecule has 9 heteroatoms. The summed E-state index contributed by atoms with van der Waals surface area (Å²) in [5.74, 6) is 2.13. The number of carbonyl (C=O) groups is 1. The maximum Gasteiger partial charge on any atom is 0.262 e. The summed E-state index contributed by atoms with van der Waals surface area (Å²) in [5.41, 5.74) is 2.58. The van der Waals surface area contributed by atoms with E-state index < -0.39 is 0 Å². The summed E-state index contributed by atoms with van der Waals surface area (Å²) in [7, 11) is 0. The van der Waals surface area contributed by atoms with Crippen LogP contribution in [0.3, 0.4) is 0 Å². The molecule has 8 nitrogen and oxygen atoms in total. The topological polar surface area (TPSA) is 93.4 Å². The van der Waals surface area contributed by atoms with Gasteiger partial charge in [0.2, 0.25) is 5.16 Å². The van der Waals surface area contributed by atoms with Crippen LogP contribution in [0.15, 0.2) is 28.5 Å². The van der Waals surface area contributed by atoms with E-state index in [-0.39, 0.29) is 18.6 Å². The van der Waals surface area contributed by atoms with Crippen LogP contribution in [-0.2, 0) is 4.79 Å². The average molecular weight is 356 g/mol. The van der Waals surface area contributed by atoms with Crippen LogP contribution in [0.4, 0.5) is 5.69 Å². The van der Waals surface area contributed by atoms with Crippen molar-refractivity contribution in [3.63, 3.8) is 0 Å². The molecule has 3 aliphatic heterocycles. The summed E-state index contributed by atoms with van der Waals surface area (Å²) in [5, 5.41) is 20.5. The maximum absolute atomic E-state index is 11.5. The quantitative estimate of drug-likeness (QED) is 0.845. The predicted molar refractivity (Wildman–Crippen MR) is 93.2 cm³/mol. The molecular formula is C16H16N6O2S. The second-order valence-electron chi connectivity index (χ2n) is 6.18. The van der Waals surface area contributed by atoms with Crippen molar-refractivity contribution in [3.05, 3.63) is 29.6 Å². The van der Waals surface area contributed by atoms with Crippen LogP contribution in [0.25, 0.3) is 0 Å². The molecule has 1 unspecified atom stereocenters. The number of amides is 1. The van der Waals surface area contributed by atoms with Crippen molar-refractivity contribution in [2.45, 2.75) is 24.0 Å². The molecule has 0 spiro atoms. The van der Waals surface area contributed by atoms with Crippen molar-refractivity contribution >= 4 is 29.1 Å². The maximum atomic E-state index is 11.5. The zero-order valence-corrected chi connectivity index (χ0v) is 14.2. The number of ether oxygens (including phenoxy) is 1. The third-order valence-electron chi connectivity index (χ3n) is 4.51. The number of nitrogens with one attached hydrogen (secondary N) is 2. The van der Waals surface area contributed by atoms with Gasteiger partial charge in [0.15, 0.2) is 12.4 Å². The summed E-state index contributed by atoms with van der Waals surface area (Å²) in [6.07, 6.45) is 2.19. The number of nitrogens with zero attached hydrogens (tertiary/aromatic N) is 4. The molecule has 128 valence electrons. The number of hydrogen-bond acceptors (Lipinski definition) is 7. The summed E-state index contributed by atoms with van der Waals surface area (Å²) in [6, 6.07) is 5.96. The number of fused-ring (bicyclic) bond motifs is 2. The second-order valence-corrected chi connectivity index (χ2v) is 7.13. The molecular weight excluding hydrogens is 340 g/mol. The second kappa shape index (κ2) is 5.85. The van der Waals surface area contributed by atoms with Crippen molar-refractivity contribution in [3.8, 4) is 5.75 Å². The highest BCUT2D eigenvalue weighted by Crippen LogP contribution is 2.32. The van der Waals surface area contributed by atoms with Crippen LogP contribution in [0.1, 0.15) is 30.3 Å². The number of carbonyl (C=O) groups excluding carboxylic acids is 1. The van der Waals surface area contributed by atoms with Gasteiger partial charge in [-0.3, -0.25) is 4.79 Å². The lowest BCUT2D eigenvalue weighted by Crippen LogP contribution is -2.26. The Morgan fingerprint density at radius 2 is 2.28 bits per heavy atom. The van der Waals surface area contributed by atoms with Gasteiger partial charge in [0.05, 0.1) is 17.4 Å². The van der Waals surface area contributed by atoms with Crippen LogP contribution in [0.2, 0.25) is 0 Å². The molecule has 1 fully saturated rings. The first-order chi connectivity index (χ1) is 12.3. The Morgan fingerprint density at radius 3 is 3.16 bits per heavy atom. The fourth-order valence-electron chi connectivity index (χ4n) is 3.27. The van der Waals surface area contributed by atoms with E-state index >= 15 is 0 Å². The predicted octanol–water partition coefficient (Wildman–Crippen LogP) is 1.39. The summed E-state index contributed by atoms with van der Waals surface area (Å²) >= 11 is 1.62. The van der Waals surface area contributed by atoms with Gasteiger partial charge in [0.1, 0.15) is 5.75 Å². The minimum Gasteiger partial charge on any atom is -0.482 e. The number of anilines is 1. The molecule has 25 heavy (non-hydrogen) atoms. The largest absolute Gasteiger partial charge is 0.482 e. The number of hydrogen-bond donors (Lipinski definition) is 2. The third-order valence-corrected chi connectivity index (χ3v) is 5.44. The van der Waals surface area contributed by atoms with E-state index in [1.165, 1.54) is 0 Å². The van der Waals surface area contributed by atoms with Crippen molar-refractivity contribution in [1.82, 2.24) is 20.2 Å². The van der Waals surface area contributed by atoms with Gasteiger partial charge >= 0.3 is 0 Å². The fraction of sp³-hybridized carbons (Fsp3) is 0.375. The van der Waals surface area contributed by atoms with Gasteiger partial charge < -0.3 is 15.4 Å². The van der Waals surface area contributed by atoms with Crippen molar-refractivity contribution in [2.24, 2.45) is 5.10 Å². The molecule has 5 rings (SSSR count). The van der Waals surface area contributed by atoms with Gasteiger partial charge in [-0.1, -0.05) is 11.8 Å². The Labute approximate surface area is 148 Å². The highest BCUT2D eigenvalue weighted by molar-refractivity contribution is 7.99. The summed E-state index contributed by atoms with van der Waals surface area (Å²) < 4.78 is 7.27. The van der Waals surface area contributed by atoms with Crippen LogP contribution < -0.4 is 15.4 Å². The van der Waals surface area contributed by atoms with E-state index in [1.807, 2.05) is 22.9 Å². The Morgan fingerprint density at radius 1 is 1.32 bits per heavy atom. The number of thioether (sulfide) groups is 1. The molecule has 1 amide bonds. The standard InChI is InChI=1S/C16H16N6O2S/c23-14-7-24-13-4-3-9(6-11(13)18-14)12-8-25-16-20-19-15(22(16)21-12)10-2-1-5-17-10/h3-4,6,10,17H,1-2,5,7-8H2,(H,18,23). The van der Waals surface area contributed by atoms with Crippen LogP contribution in [0.5, 0.6) is 5.75 Å². The molecule has 0 bridgehead atoms. The van der Waals surface area contributed by atoms with E-state index in [0.717, 1.165) is 41.6 Å². The van der Waals surface area contributed by atoms with E-state index in [4.69, 9.17) is 9.84 Å². The minimum atomic E-state index is -0.139. The zero-order valence-electron chi connectivity index (χ0n) is 13.4. The first-order valence-corrected chi connectivity index (χ1v) is 9.23. The highest BCUT2D eigenvalue weighted by atomic mass is 32.2. The van der Waals surface area contributed by atoms with Gasteiger partial charge in [0, 0.05) is 11.3 Å². The van der Waals surface area contributed by atoms with Crippen molar-refractivity contribution in [2.75, 3.05) is 24.2 Å². The van der Waals surface area contributed by atoms with Crippen molar-refractivity contribution in [1.29, 1.82) is 0 Å². The zero-order chi connectivity index (χ0) is 16.8. The molecule has 0 saturated carbocycles. The number of benzene rings is 1. The van der Waals surface area contributed by atoms with Gasteiger partial charge in [0.25, 0.3) is 5.91 Å². The molecule has 2 N–H and O–H groups in total. The Kier molecular flexibility index (Phi) is 3.49. The monoisotopic (exact) mass is 356 g/mol. The van der Waals surface area contributed by atoms with E-state index in [9.17, 15) is 4.79 Å². The lowest BCUT2D eigenvalue weighted by molar-refractivity contribution is -0.118. The Bertz CT molecular complexity index is 887.